The van der Waals surface area contributed by atoms with Gasteiger partial charge in [0, 0.05) is 11.6 Å². The highest BCUT2D eigenvalue weighted by molar-refractivity contribution is 5.71. The third kappa shape index (κ3) is 2.03. The molecule has 0 atom stereocenters. The summed E-state index contributed by atoms with van der Waals surface area (Å²) in [6, 6.07) is 11.1. The average Bonchev–Trinajstić information content (AvgIpc) is 2.38. The lowest BCUT2D eigenvalue weighted by Gasteiger charge is -2.10. The summed E-state index contributed by atoms with van der Waals surface area (Å²) >= 11 is 0. The lowest BCUT2D eigenvalue weighted by atomic mass is 10.0. The molecule has 0 fully saturated rings. The number of para-hydroxylation sites is 1. The highest BCUT2D eigenvalue weighted by atomic mass is 19.1. The van der Waals surface area contributed by atoms with Crippen molar-refractivity contribution in [3.63, 3.8) is 0 Å². The second-order valence-electron chi connectivity index (χ2n) is 3.54. The summed E-state index contributed by atoms with van der Waals surface area (Å²) in [5, 5.41) is 8.63. The van der Waals surface area contributed by atoms with Crippen molar-refractivity contribution in [1.82, 2.24) is 0 Å². The van der Waals surface area contributed by atoms with Crippen LogP contribution in [0.3, 0.4) is 0 Å². The number of hydrogen-bond donors (Lipinski definition) is 0. The summed E-state index contributed by atoms with van der Waals surface area (Å²) in [6.45, 7) is 0. The molecule has 0 N–H and O–H groups in total. The smallest absolute Gasteiger partial charge is 0.135 e. The topological polar surface area (TPSA) is 33.0 Å². The molecule has 4 heteroatoms. The van der Waals surface area contributed by atoms with Crippen LogP contribution >= 0.6 is 0 Å². The van der Waals surface area contributed by atoms with Crippen LogP contribution in [0.15, 0.2) is 30.3 Å². The molecule has 0 bridgehead atoms. The Hall–Kier alpha value is -2.41. The van der Waals surface area contributed by atoms with Gasteiger partial charge in [-0.3, -0.25) is 0 Å². The van der Waals surface area contributed by atoms with E-state index in [2.05, 4.69) is 6.07 Å². The van der Waals surface area contributed by atoms with E-state index in [4.69, 9.17) is 10.00 Å². The first-order valence-corrected chi connectivity index (χ1v) is 5.11. The molecular formula is C14H8F2NO. The van der Waals surface area contributed by atoms with Gasteiger partial charge in [-0.1, -0.05) is 18.2 Å². The number of nitriles is 1. The maximum absolute atomic E-state index is 13.8. The predicted octanol–water partition coefficient (Wildman–Crippen LogP) is 3.31. The molecule has 0 saturated heterocycles. The van der Waals surface area contributed by atoms with Crippen LogP contribution in [0.5, 0.6) is 5.75 Å². The molecule has 89 valence electrons. The fourth-order valence-corrected chi connectivity index (χ4v) is 1.68. The van der Waals surface area contributed by atoms with Gasteiger partial charge in [-0.05, 0) is 12.1 Å². The first-order valence-electron chi connectivity index (χ1n) is 5.11. The van der Waals surface area contributed by atoms with Crippen molar-refractivity contribution in [1.29, 1.82) is 5.26 Å². The van der Waals surface area contributed by atoms with Crippen LogP contribution < -0.4 is 4.74 Å². The third-order valence-corrected chi connectivity index (χ3v) is 2.46. The molecule has 0 saturated carbocycles. The molecule has 2 aromatic rings. The minimum atomic E-state index is -0.801. The van der Waals surface area contributed by atoms with Crippen molar-refractivity contribution in [2.75, 3.05) is 7.11 Å². The first-order chi connectivity index (χ1) is 8.67. The lowest BCUT2D eigenvalue weighted by Crippen LogP contribution is -1.95. The van der Waals surface area contributed by atoms with Crippen LogP contribution in [-0.2, 0) is 0 Å². The van der Waals surface area contributed by atoms with Crippen LogP contribution in [0.2, 0.25) is 0 Å². The Labute approximate surface area is 103 Å². The number of benzene rings is 2. The van der Waals surface area contributed by atoms with Crippen LogP contribution in [0.4, 0.5) is 8.78 Å². The average molecular weight is 244 g/mol. The molecule has 0 aliphatic heterocycles. The van der Waals surface area contributed by atoms with Crippen molar-refractivity contribution >= 4 is 0 Å². The van der Waals surface area contributed by atoms with E-state index in [1.54, 1.807) is 18.2 Å². The standard InChI is InChI=1S/C14H8F2NO/c1-18-13-5-3-2-4-10(13)14-11(15)6-9(8-17)7-12(14)16/h2-4,6-7H,1H3. The summed E-state index contributed by atoms with van der Waals surface area (Å²) < 4.78 is 32.7. The van der Waals surface area contributed by atoms with Gasteiger partial charge in [0.2, 0.25) is 0 Å². The van der Waals surface area contributed by atoms with Crippen LogP contribution in [0.25, 0.3) is 11.1 Å². The van der Waals surface area contributed by atoms with E-state index in [0.29, 0.717) is 0 Å². The number of nitrogens with zero attached hydrogens (tertiary/aromatic N) is 1. The SMILES string of the molecule is COc1[c]cccc1-c1c(F)cc(C#N)cc1F. The summed E-state index contributed by atoms with van der Waals surface area (Å²) in [5.74, 6) is -1.35. The highest BCUT2D eigenvalue weighted by Gasteiger charge is 2.16. The molecule has 0 heterocycles. The molecule has 0 aromatic heterocycles. The van der Waals surface area contributed by atoms with Gasteiger partial charge in [0.05, 0.1) is 24.3 Å². The van der Waals surface area contributed by atoms with Crippen LogP contribution in [0.1, 0.15) is 5.56 Å². The Bertz CT molecular complexity index is 609. The van der Waals surface area contributed by atoms with E-state index >= 15 is 0 Å². The molecule has 0 spiro atoms. The molecule has 0 unspecified atom stereocenters. The van der Waals surface area contributed by atoms with Crippen molar-refractivity contribution < 1.29 is 13.5 Å². The second-order valence-corrected chi connectivity index (χ2v) is 3.54. The van der Waals surface area contributed by atoms with Gasteiger partial charge in [-0.15, -0.1) is 0 Å². The number of ether oxygens (including phenoxy) is 1. The lowest BCUT2D eigenvalue weighted by molar-refractivity contribution is 0.415. The third-order valence-electron chi connectivity index (χ3n) is 2.46. The zero-order valence-electron chi connectivity index (χ0n) is 9.50. The second kappa shape index (κ2) is 4.84. The summed E-state index contributed by atoms with van der Waals surface area (Å²) in [4.78, 5) is 0. The highest BCUT2D eigenvalue weighted by Crippen LogP contribution is 2.33. The zero-order chi connectivity index (χ0) is 13.1. The van der Waals surface area contributed by atoms with E-state index in [1.165, 1.54) is 13.2 Å². The van der Waals surface area contributed by atoms with Crippen molar-refractivity contribution in [3.05, 3.63) is 53.6 Å². The quantitative estimate of drug-likeness (QED) is 0.811. The molecular weight excluding hydrogens is 236 g/mol. The summed E-state index contributed by atoms with van der Waals surface area (Å²) in [5.41, 5.74) is -0.0187. The molecule has 18 heavy (non-hydrogen) atoms. The summed E-state index contributed by atoms with van der Waals surface area (Å²) in [6.07, 6.45) is 0. The largest absolute Gasteiger partial charge is 0.495 e. The predicted molar refractivity (Wildman–Crippen MR) is 61.9 cm³/mol. The van der Waals surface area contributed by atoms with Gasteiger partial charge in [-0.25, -0.2) is 8.78 Å². The number of methoxy groups -OCH3 is 1. The molecule has 0 amide bonds. The Balaban J connectivity index is 2.69. The number of halogens is 2. The van der Waals surface area contributed by atoms with E-state index in [1.807, 2.05) is 0 Å². The maximum atomic E-state index is 13.8. The fraction of sp³-hybridized carbons (Fsp3) is 0.0714. The zero-order valence-corrected chi connectivity index (χ0v) is 9.50. The molecule has 1 radical (unpaired) electrons. The van der Waals surface area contributed by atoms with Crippen molar-refractivity contribution in [3.8, 4) is 22.9 Å². The van der Waals surface area contributed by atoms with Gasteiger partial charge in [0.1, 0.15) is 17.4 Å². The van der Waals surface area contributed by atoms with Crippen molar-refractivity contribution in [2.45, 2.75) is 0 Å². The molecule has 2 rings (SSSR count). The Morgan fingerprint density at radius 3 is 2.50 bits per heavy atom. The van der Waals surface area contributed by atoms with E-state index < -0.39 is 11.6 Å². The molecule has 2 nitrogen and oxygen atoms in total. The number of hydrogen-bond acceptors (Lipinski definition) is 2. The Morgan fingerprint density at radius 2 is 1.94 bits per heavy atom. The molecule has 2 aromatic carbocycles. The van der Waals surface area contributed by atoms with Crippen LogP contribution in [0, 0.1) is 29.0 Å². The number of rotatable bonds is 2. The Kier molecular flexibility index (Phi) is 3.24. The van der Waals surface area contributed by atoms with E-state index in [9.17, 15) is 8.78 Å². The van der Waals surface area contributed by atoms with Crippen LogP contribution in [-0.4, -0.2) is 7.11 Å². The van der Waals surface area contributed by atoms with Gasteiger partial charge < -0.3 is 4.74 Å². The first kappa shape index (κ1) is 12.1. The van der Waals surface area contributed by atoms with Gasteiger partial charge in [0.25, 0.3) is 0 Å². The minimum Gasteiger partial charge on any atom is -0.495 e. The van der Waals surface area contributed by atoms with E-state index in [0.717, 1.165) is 12.1 Å². The van der Waals surface area contributed by atoms with Gasteiger partial charge in [0.15, 0.2) is 0 Å². The van der Waals surface area contributed by atoms with Gasteiger partial charge >= 0.3 is 0 Å². The Morgan fingerprint density at radius 1 is 1.28 bits per heavy atom. The molecule has 0 aliphatic rings. The monoisotopic (exact) mass is 244 g/mol. The maximum Gasteiger partial charge on any atom is 0.135 e. The fourth-order valence-electron chi connectivity index (χ4n) is 1.68. The van der Waals surface area contributed by atoms with Gasteiger partial charge in [-0.2, -0.15) is 5.26 Å². The van der Waals surface area contributed by atoms with E-state index in [-0.39, 0.29) is 22.4 Å². The molecule has 0 aliphatic carbocycles. The minimum absolute atomic E-state index is 0.0624. The normalized spacial score (nSPS) is 9.89. The summed E-state index contributed by atoms with van der Waals surface area (Å²) in [7, 11) is 1.40. The van der Waals surface area contributed by atoms with Crippen molar-refractivity contribution in [2.24, 2.45) is 0 Å².